The van der Waals surface area contributed by atoms with Crippen LogP contribution in [0.25, 0.3) is 27.6 Å². The van der Waals surface area contributed by atoms with Crippen LogP contribution in [-0.2, 0) is 7.05 Å². The number of rotatable bonds is 3. The molecule has 3 nitrogen and oxygen atoms in total. The van der Waals surface area contributed by atoms with E-state index >= 15 is 0 Å². The maximum atomic E-state index is 6.28. The standard InChI is InChI=1S/C26H22NO2S/c1-17-8-13-23-21(14-17)19(15-24(29-23)18-9-11-20(28-3)12-10-18)16-26-27(2)22-6-4-5-7-25(22)30-26/h4-16H,1-3H3/q+1/b19-16+. The van der Waals surface area contributed by atoms with Crippen molar-refractivity contribution in [2.24, 2.45) is 7.05 Å². The normalized spacial score (nSPS) is 14.4. The van der Waals surface area contributed by atoms with Gasteiger partial charge in [-0.15, -0.1) is 0 Å². The highest BCUT2D eigenvalue weighted by Gasteiger charge is 2.21. The molecule has 0 unspecified atom stereocenters. The van der Waals surface area contributed by atoms with Crippen molar-refractivity contribution in [2.75, 3.05) is 7.11 Å². The Hall–Kier alpha value is -3.37. The van der Waals surface area contributed by atoms with E-state index < -0.39 is 0 Å². The molecule has 1 aromatic heterocycles. The van der Waals surface area contributed by atoms with Crippen LogP contribution in [0.1, 0.15) is 21.7 Å². The van der Waals surface area contributed by atoms with Crippen LogP contribution in [0.2, 0.25) is 0 Å². The minimum absolute atomic E-state index is 0.833. The summed E-state index contributed by atoms with van der Waals surface area (Å²) in [7, 11) is 3.80. The Labute approximate surface area is 180 Å². The zero-order chi connectivity index (χ0) is 20.7. The summed E-state index contributed by atoms with van der Waals surface area (Å²) in [6.45, 7) is 2.11. The van der Waals surface area contributed by atoms with E-state index in [-0.39, 0.29) is 0 Å². The molecule has 0 N–H and O–H groups in total. The minimum Gasteiger partial charge on any atom is -0.497 e. The highest BCUT2D eigenvalue weighted by molar-refractivity contribution is 7.18. The number of fused-ring (bicyclic) bond motifs is 2. The van der Waals surface area contributed by atoms with Gasteiger partial charge in [-0.3, -0.25) is 0 Å². The molecular formula is C26H22NO2S+. The third kappa shape index (κ3) is 3.29. The number of aromatic nitrogens is 1. The van der Waals surface area contributed by atoms with Crippen LogP contribution >= 0.6 is 11.3 Å². The Kier molecular flexibility index (Phi) is 4.64. The SMILES string of the molecule is COc1ccc(C2=C/C(=C\c3sc4ccccc4[n+]3C)c3cc(C)ccc3O2)cc1. The van der Waals surface area contributed by atoms with Gasteiger partial charge in [0.2, 0.25) is 5.52 Å². The van der Waals surface area contributed by atoms with Crippen molar-refractivity contribution >= 4 is 39.0 Å². The van der Waals surface area contributed by atoms with E-state index in [2.05, 4.69) is 73.2 Å². The zero-order valence-electron chi connectivity index (χ0n) is 17.2. The average Bonchev–Trinajstić information content (AvgIpc) is 3.09. The number of thiazole rings is 1. The second kappa shape index (κ2) is 7.47. The summed E-state index contributed by atoms with van der Waals surface area (Å²) in [6.07, 6.45) is 4.39. The van der Waals surface area contributed by atoms with Gasteiger partial charge in [0.1, 0.15) is 29.0 Å². The van der Waals surface area contributed by atoms with Gasteiger partial charge in [-0.05, 0) is 61.0 Å². The molecule has 4 aromatic rings. The molecule has 1 aliphatic heterocycles. The molecule has 0 fully saturated rings. The molecule has 0 amide bonds. The second-order valence-corrected chi connectivity index (χ2v) is 8.47. The predicted molar refractivity (Wildman–Crippen MR) is 124 cm³/mol. The topological polar surface area (TPSA) is 22.3 Å². The maximum Gasteiger partial charge on any atom is 0.263 e. The minimum atomic E-state index is 0.833. The van der Waals surface area contributed by atoms with Gasteiger partial charge in [-0.2, -0.15) is 4.57 Å². The molecule has 2 heterocycles. The number of benzene rings is 3. The van der Waals surface area contributed by atoms with E-state index in [1.807, 2.05) is 24.3 Å². The molecule has 5 rings (SSSR count). The average molecular weight is 413 g/mol. The first-order chi connectivity index (χ1) is 14.6. The van der Waals surface area contributed by atoms with Gasteiger partial charge < -0.3 is 9.47 Å². The van der Waals surface area contributed by atoms with Crippen LogP contribution < -0.4 is 14.0 Å². The smallest absolute Gasteiger partial charge is 0.263 e. The van der Waals surface area contributed by atoms with Gasteiger partial charge in [-0.1, -0.05) is 35.1 Å². The summed E-state index contributed by atoms with van der Waals surface area (Å²) in [5.74, 6) is 2.55. The van der Waals surface area contributed by atoms with Crippen molar-refractivity contribution in [3.63, 3.8) is 0 Å². The van der Waals surface area contributed by atoms with Crippen molar-refractivity contribution in [2.45, 2.75) is 6.92 Å². The highest BCUT2D eigenvalue weighted by atomic mass is 32.1. The Balaban J connectivity index is 1.66. The maximum absolute atomic E-state index is 6.28. The molecule has 0 saturated heterocycles. The highest BCUT2D eigenvalue weighted by Crippen LogP contribution is 2.39. The zero-order valence-corrected chi connectivity index (χ0v) is 18.0. The Bertz CT molecular complexity index is 1310. The van der Waals surface area contributed by atoms with Gasteiger partial charge in [0.25, 0.3) is 5.01 Å². The summed E-state index contributed by atoms with van der Waals surface area (Å²) >= 11 is 1.80. The fourth-order valence-electron chi connectivity index (χ4n) is 3.72. The molecule has 148 valence electrons. The lowest BCUT2D eigenvalue weighted by atomic mass is 9.97. The first kappa shape index (κ1) is 18.6. The van der Waals surface area contributed by atoms with E-state index in [1.54, 1.807) is 18.4 Å². The molecule has 0 saturated carbocycles. The number of hydrogen-bond acceptors (Lipinski definition) is 3. The third-order valence-electron chi connectivity index (χ3n) is 5.38. The lowest BCUT2D eigenvalue weighted by Crippen LogP contribution is -2.28. The summed E-state index contributed by atoms with van der Waals surface area (Å²) in [5, 5.41) is 1.20. The number of allylic oxidation sites excluding steroid dienone is 2. The number of methoxy groups -OCH3 is 1. The number of ether oxygens (including phenoxy) is 2. The summed E-state index contributed by atoms with van der Waals surface area (Å²) in [6, 6.07) is 22.8. The summed E-state index contributed by atoms with van der Waals surface area (Å²) in [5.41, 5.74) is 5.74. The molecule has 0 spiro atoms. The number of aryl methyl sites for hydroxylation is 2. The molecule has 1 aliphatic rings. The van der Waals surface area contributed by atoms with Gasteiger partial charge in [0.05, 0.1) is 7.11 Å². The number of hydrogen-bond donors (Lipinski definition) is 0. The van der Waals surface area contributed by atoms with Crippen molar-refractivity contribution in [3.05, 3.63) is 94.5 Å². The number of nitrogens with zero attached hydrogens (tertiary/aromatic N) is 1. The predicted octanol–water partition coefficient (Wildman–Crippen LogP) is 6.02. The first-order valence-corrected chi connectivity index (χ1v) is 10.7. The van der Waals surface area contributed by atoms with E-state index in [1.165, 1.54) is 20.8 Å². The molecule has 3 aromatic carbocycles. The third-order valence-corrected chi connectivity index (χ3v) is 6.54. The van der Waals surface area contributed by atoms with E-state index in [0.717, 1.165) is 34.0 Å². The van der Waals surface area contributed by atoms with Gasteiger partial charge in [0.15, 0.2) is 0 Å². The first-order valence-electron chi connectivity index (χ1n) is 9.86. The van der Waals surface area contributed by atoms with Crippen LogP contribution in [0.4, 0.5) is 0 Å². The summed E-state index contributed by atoms with van der Waals surface area (Å²) in [4.78, 5) is 0. The molecule has 0 radical (unpaired) electrons. The van der Waals surface area contributed by atoms with Crippen molar-refractivity contribution in [1.29, 1.82) is 0 Å². The fourth-order valence-corrected chi connectivity index (χ4v) is 4.82. The lowest BCUT2D eigenvalue weighted by Gasteiger charge is -2.21. The van der Waals surface area contributed by atoms with Gasteiger partial charge >= 0.3 is 0 Å². The van der Waals surface area contributed by atoms with Crippen LogP contribution in [0.5, 0.6) is 11.5 Å². The van der Waals surface area contributed by atoms with Crippen molar-refractivity contribution in [3.8, 4) is 11.5 Å². The quantitative estimate of drug-likeness (QED) is 0.384. The lowest BCUT2D eigenvalue weighted by molar-refractivity contribution is -0.642. The Morgan fingerprint density at radius 3 is 2.57 bits per heavy atom. The van der Waals surface area contributed by atoms with Crippen LogP contribution in [0.15, 0.2) is 72.8 Å². The van der Waals surface area contributed by atoms with Crippen LogP contribution in [-0.4, -0.2) is 7.11 Å². The monoisotopic (exact) mass is 412 g/mol. The Morgan fingerprint density at radius 1 is 1.00 bits per heavy atom. The van der Waals surface area contributed by atoms with E-state index in [9.17, 15) is 0 Å². The van der Waals surface area contributed by atoms with Gasteiger partial charge in [-0.25, -0.2) is 0 Å². The van der Waals surface area contributed by atoms with E-state index in [0.29, 0.717) is 0 Å². The molecule has 0 atom stereocenters. The number of para-hydroxylation sites is 1. The molecule has 0 aliphatic carbocycles. The van der Waals surface area contributed by atoms with Gasteiger partial charge in [0, 0.05) is 23.3 Å². The Morgan fingerprint density at radius 2 is 1.80 bits per heavy atom. The van der Waals surface area contributed by atoms with E-state index in [4.69, 9.17) is 9.47 Å². The van der Waals surface area contributed by atoms with Crippen molar-refractivity contribution < 1.29 is 14.0 Å². The fraction of sp³-hybridized carbons (Fsp3) is 0.115. The summed E-state index contributed by atoms with van der Waals surface area (Å²) < 4.78 is 15.1. The molecule has 0 bridgehead atoms. The van der Waals surface area contributed by atoms with Crippen LogP contribution in [0, 0.1) is 6.92 Å². The molecule has 30 heavy (non-hydrogen) atoms. The van der Waals surface area contributed by atoms with Crippen LogP contribution in [0.3, 0.4) is 0 Å². The van der Waals surface area contributed by atoms with Crippen molar-refractivity contribution in [1.82, 2.24) is 0 Å². The largest absolute Gasteiger partial charge is 0.497 e. The second-order valence-electron chi connectivity index (χ2n) is 7.41. The molecular weight excluding hydrogens is 390 g/mol. The molecule has 4 heteroatoms.